The summed E-state index contributed by atoms with van der Waals surface area (Å²) in [5, 5.41) is 6.35. The molecule has 1 aromatic heterocycles. The van der Waals surface area contributed by atoms with Crippen molar-refractivity contribution in [1.82, 2.24) is 5.16 Å². The molecular weight excluding hydrogens is 356 g/mol. The molecule has 1 N–H and O–H groups in total. The number of amides is 1. The Labute approximate surface area is 163 Å². The molecule has 0 bridgehead atoms. The summed E-state index contributed by atoms with van der Waals surface area (Å²) in [6.07, 6.45) is -0.593. The van der Waals surface area contributed by atoms with E-state index in [1.54, 1.807) is 19.9 Å². The number of carbonyl (C=O) groups excluding carboxylic acids is 2. The van der Waals surface area contributed by atoms with Crippen LogP contribution in [0.25, 0.3) is 0 Å². The van der Waals surface area contributed by atoms with Crippen molar-refractivity contribution in [3.63, 3.8) is 0 Å². The SMILES string of the molecule is CC[C@H](OC(=O)C(c1ccccc1)c1ccccc1)C(=O)Nc1cc(C)on1. The summed E-state index contributed by atoms with van der Waals surface area (Å²) in [7, 11) is 0. The third-order valence-electron chi connectivity index (χ3n) is 4.30. The minimum atomic E-state index is -0.931. The molecule has 3 aromatic rings. The molecule has 0 unspecified atom stereocenters. The first-order valence-electron chi connectivity index (χ1n) is 9.13. The number of esters is 1. The lowest BCUT2D eigenvalue weighted by molar-refractivity contribution is -0.155. The fraction of sp³-hybridized carbons (Fsp3) is 0.227. The van der Waals surface area contributed by atoms with Crippen molar-refractivity contribution in [2.24, 2.45) is 0 Å². The highest BCUT2D eigenvalue weighted by Crippen LogP contribution is 2.27. The number of aromatic nitrogens is 1. The van der Waals surface area contributed by atoms with Gasteiger partial charge in [0.2, 0.25) is 0 Å². The van der Waals surface area contributed by atoms with Gasteiger partial charge in [-0.05, 0) is 24.5 Å². The molecule has 28 heavy (non-hydrogen) atoms. The highest BCUT2D eigenvalue weighted by atomic mass is 16.5. The Kier molecular flexibility index (Phi) is 6.22. The van der Waals surface area contributed by atoms with Gasteiger partial charge in [-0.25, -0.2) is 0 Å². The monoisotopic (exact) mass is 378 g/mol. The molecular formula is C22H22N2O4. The second kappa shape index (κ2) is 8.99. The van der Waals surface area contributed by atoms with E-state index in [1.165, 1.54) is 0 Å². The summed E-state index contributed by atoms with van der Waals surface area (Å²) in [5.41, 5.74) is 1.61. The number of hydrogen-bond donors (Lipinski definition) is 1. The second-order valence-electron chi connectivity index (χ2n) is 6.40. The van der Waals surface area contributed by atoms with Crippen molar-refractivity contribution in [3.8, 4) is 0 Å². The van der Waals surface area contributed by atoms with E-state index in [0.29, 0.717) is 18.0 Å². The number of ether oxygens (including phenoxy) is 1. The first kappa shape index (κ1) is 19.4. The van der Waals surface area contributed by atoms with Gasteiger partial charge >= 0.3 is 5.97 Å². The number of rotatable bonds is 7. The van der Waals surface area contributed by atoms with Crippen LogP contribution in [0, 0.1) is 6.92 Å². The molecule has 0 radical (unpaired) electrons. The Balaban J connectivity index is 1.79. The van der Waals surface area contributed by atoms with Crippen molar-refractivity contribution in [2.45, 2.75) is 32.3 Å². The van der Waals surface area contributed by atoms with Crippen LogP contribution in [0.4, 0.5) is 5.82 Å². The predicted octanol–water partition coefficient (Wildman–Crippen LogP) is 4.08. The number of benzene rings is 2. The maximum absolute atomic E-state index is 13.0. The summed E-state index contributed by atoms with van der Waals surface area (Å²) in [4.78, 5) is 25.6. The Morgan fingerprint density at radius 3 is 2.07 bits per heavy atom. The molecule has 6 heteroatoms. The van der Waals surface area contributed by atoms with Crippen LogP contribution in [0.5, 0.6) is 0 Å². The van der Waals surface area contributed by atoms with E-state index in [0.717, 1.165) is 11.1 Å². The molecule has 144 valence electrons. The minimum absolute atomic E-state index is 0.291. The quantitative estimate of drug-likeness (QED) is 0.627. The number of nitrogens with zero attached hydrogens (tertiary/aromatic N) is 1. The summed E-state index contributed by atoms with van der Waals surface area (Å²) in [6.45, 7) is 3.51. The van der Waals surface area contributed by atoms with Gasteiger partial charge in [0.25, 0.3) is 5.91 Å². The highest BCUT2D eigenvalue weighted by Gasteiger charge is 2.29. The zero-order valence-corrected chi connectivity index (χ0v) is 15.8. The van der Waals surface area contributed by atoms with Gasteiger partial charge in [0.1, 0.15) is 11.7 Å². The lowest BCUT2D eigenvalue weighted by atomic mass is 9.91. The van der Waals surface area contributed by atoms with E-state index in [9.17, 15) is 9.59 Å². The standard InChI is InChI=1S/C22H22N2O4/c1-3-18(21(25)23-19-14-15(2)28-24-19)27-22(26)20(16-10-6-4-7-11-16)17-12-8-5-9-13-17/h4-14,18,20H,3H2,1-2H3,(H,23,24,25)/t18-/m0/s1. The van der Waals surface area contributed by atoms with E-state index in [1.807, 2.05) is 60.7 Å². The summed E-state index contributed by atoms with van der Waals surface area (Å²) in [5.74, 6) is -0.661. The van der Waals surface area contributed by atoms with Gasteiger partial charge in [-0.1, -0.05) is 72.7 Å². The molecule has 1 atom stereocenters. The van der Waals surface area contributed by atoms with Crippen molar-refractivity contribution in [2.75, 3.05) is 5.32 Å². The topological polar surface area (TPSA) is 81.4 Å². The van der Waals surface area contributed by atoms with Crippen LogP contribution in [0.1, 0.15) is 36.1 Å². The molecule has 0 aliphatic heterocycles. The Morgan fingerprint density at radius 2 is 1.61 bits per heavy atom. The number of hydrogen-bond acceptors (Lipinski definition) is 5. The molecule has 0 fully saturated rings. The third-order valence-corrected chi connectivity index (χ3v) is 4.30. The molecule has 0 saturated heterocycles. The summed E-state index contributed by atoms with van der Waals surface area (Å²) in [6, 6.07) is 20.4. The lowest BCUT2D eigenvalue weighted by Crippen LogP contribution is -2.34. The molecule has 6 nitrogen and oxygen atoms in total. The van der Waals surface area contributed by atoms with Gasteiger partial charge in [-0.15, -0.1) is 0 Å². The largest absolute Gasteiger partial charge is 0.452 e. The van der Waals surface area contributed by atoms with Gasteiger partial charge in [-0.2, -0.15) is 0 Å². The van der Waals surface area contributed by atoms with Crippen molar-refractivity contribution >= 4 is 17.7 Å². The van der Waals surface area contributed by atoms with Crippen molar-refractivity contribution in [1.29, 1.82) is 0 Å². The van der Waals surface area contributed by atoms with Crippen LogP contribution >= 0.6 is 0 Å². The second-order valence-corrected chi connectivity index (χ2v) is 6.40. The molecule has 2 aromatic carbocycles. The fourth-order valence-corrected chi connectivity index (χ4v) is 2.92. The number of aryl methyl sites for hydroxylation is 1. The third kappa shape index (κ3) is 4.65. The maximum atomic E-state index is 13.0. The van der Waals surface area contributed by atoms with Gasteiger partial charge < -0.3 is 14.6 Å². The molecule has 0 spiro atoms. The normalized spacial score (nSPS) is 11.8. The van der Waals surface area contributed by atoms with Crippen LogP contribution < -0.4 is 5.32 Å². The number of nitrogens with one attached hydrogen (secondary N) is 1. The number of anilines is 1. The van der Waals surface area contributed by atoms with Crippen molar-refractivity contribution in [3.05, 3.63) is 83.6 Å². The average Bonchev–Trinajstić information content (AvgIpc) is 3.12. The van der Waals surface area contributed by atoms with Crippen molar-refractivity contribution < 1.29 is 18.8 Å². The van der Waals surface area contributed by atoms with Crippen LogP contribution in [0.2, 0.25) is 0 Å². The number of carbonyl (C=O) groups is 2. The summed E-state index contributed by atoms with van der Waals surface area (Å²) < 4.78 is 10.5. The predicted molar refractivity (Wildman–Crippen MR) is 105 cm³/mol. The zero-order chi connectivity index (χ0) is 19.9. The van der Waals surface area contributed by atoms with Gasteiger partial charge in [0.15, 0.2) is 11.9 Å². The molecule has 1 heterocycles. The van der Waals surface area contributed by atoms with E-state index >= 15 is 0 Å². The molecule has 3 rings (SSSR count). The minimum Gasteiger partial charge on any atom is -0.452 e. The maximum Gasteiger partial charge on any atom is 0.318 e. The first-order chi connectivity index (χ1) is 13.6. The van der Waals surface area contributed by atoms with Crippen LogP contribution in [-0.4, -0.2) is 23.1 Å². The highest BCUT2D eigenvalue weighted by molar-refractivity contribution is 5.95. The van der Waals surface area contributed by atoms with E-state index < -0.39 is 23.9 Å². The first-order valence-corrected chi connectivity index (χ1v) is 9.13. The van der Waals surface area contributed by atoms with Crippen LogP contribution in [0.3, 0.4) is 0 Å². The van der Waals surface area contributed by atoms with Gasteiger partial charge in [0.05, 0.1) is 0 Å². The Morgan fingerprint density at radius 1 is 1.04 bits per heavy atom. The fourth-order valence-electron chi connectivity index (χ4n) is 2.92. The van der Waals surface area contributed by atoms with Crippen LogP contribution in [0.15, 0.2) is 71.3 Å². The van der Waals surface area contributed by atoms with Gasteiger partial charge in [-0.3, -0.25) is 9.59 Å². The molecule has 0 saturated carbocycles. The Bertz CT molecular complexity index is 882. The average molecular weight is 378 g/mol. The molecule has 1 amide bonds. The van der Waals surface area contributed by atoms with E-state index in [-0.39, 0.29) is 0 Å². The smallest absolute Gasteiger partial charge is 0.318 e. The molecule has 0 aliphatic rings. The Hall–Kier alpha value is -3.41. The van der Waals surface area contributed by atoms with Gasteiger partial charge in [0, 0.05) is 6.07 Å². The lowest BCUT2D eigenvalue weighted by Gasteiger charge is -2.21. The van der Waals surface area contributed by atoms with E-state index in [2.05, 4.69) is 10.5 Å². The summed E-state index contributed by atoms with van der Waals surface area (Å²) >= 11 is 0. The van der Waals surface area contributed by atoms with E-state index in [4.69, 9.17) is 9.26 Å². The zero-order valence-electron chi connectivity index (χ0n) is 15.8. The molecule has 0 aliphatic carbocycles. The van der Waals surface area contributed by atoms with Crippen LogP contribution in [-0.2, 0) is 14.3 Å².